The molecule has 17 heavy (non-hydrogen) atoms. The van der Waals surface area contributed by atoms with E-state index in [4.69, 9.17) is 10.6 Å². The molecule has 2 aromatic rings. The minimum absolute atomic E-state index is 0.178. The Balaban J connectivity index is 2.14. The third kappa shape index (κ3) is 1.75. The molecule has 3 rings (SSSR count). The van der Waals surface area contributed by atoms with E-state index in [2.05, 4.69) is 14.3 Å². The lowest BCUT2D eigenvalue weighted by atomic mass is 10.1. The molecule has 1 aliphatic heterocycles. The second-order valence-corrected chi connectivity index (χ2v) is 4.56. The normalized spacial score (nSPS) is 22.1. The van der Waals surface area contributed by atoms with Gasteiger partial charge in [-0.1, -0.05) is 0 Å². The zero-order chi connectivity index (χ0) is 11.8. The van der Waals surface area contributed by atoms with Gasteiger partial charge in [0.15, 0.2) is 4.83 Å². The highest BCUT2D eigenvalue weighted by Gasteiger charge is 2.27. The van der Waals surface area contributed by atoms with Gasteiger partial charge in [-0.05, 0) is 11.5 Å². The molecule has 0 saturated carbocycles. The molecule has 1 fully saturated rings. The predicted octanol–water partition coefficient (Wildman–Crippen LogP) is -0.373. The fraction of sp³-hybridized carbons (Fsp3) is 0.444. The SMILES string of the molecule is NN1CCOCC1c1nsc2nc[nH]c(=O)c12. The Morgan fingerprint density at radius 3 is 3.35 bits per heavy atom. The van der Waals surface area contributed by atoms with Gasteiger partial charge in [0, 0.05) is 6.54 Å². The van der Waals surface area contributed by atoms with Crippen LogP contribution in [0.1, 0.15) is 11.7 Å². The van der Waals surface area contributed by atoms with Crippen molar-refractivity contribution in [2.75, 3.05) is 19.8 Å². The third-order valence-corrected chi connectivity index (χ3v) is 3.56. The van der Waals surface area contributed by atoms with Crippen molar-refractivity contribution in [1.82, 2.24) is 19.4 Å². The number of hydrazine groups is 1. The summed E-state index contributed by atoms with van der Waals surface area (Å²) < 4.78 is 9.66. The summed E-state index contributed by atoms with van der Waals surface area (Å²) in [6.07, 6.45) is 1.38. The van der Waals surface area contributed by atoms with Gasteiger partial charge >= 0.3 is 0 Å². The predicted molar refractivity (Wildman–Crippen MR) is 62.5 cm³/mol. The molecule has 0 aliphatic carbocycles. The minimum atomic E-state index is -0.183. The van der Waals surface area contributed by atoms with Crippen molar-refractivity contribution in [2.45, 2.75) is 6.04 Å². The number of H-pyrrole nitrogens is 1. The van der Waals surface area contributed by atoms with E-state index in [1.54, 1.807) is 5.01 Å². The molecule has 7 nitrogen and oxygen atoms in total. The van der Waals surface area contributed by atoms with Crippen LogP contribution in [0.4, 0.5) is 0 Å². The molecule has 90 valence electrons. The van der Waals surface area contributed by atoms with Gasteiger partial charge in [-0.3, -0.25) is 10.6 Å². The van der Waals surface area contributed by atoms with Crippen LogP contribution in [0.3, 0.4) is 0 Å². The lowest BCUT2D eigenvalue weighted by Crippen LogP contribution is -2.44. The second kappa shape index (κ2) is 4.15. The van der Waals surface area contributed by atoms with E-state index in [0.29, 0.717) is 35.7 Å². The molecule has 0 bridgehead atoms. The highest BCUT2D eigenvalue weighted by Crippen LogP contribution is 2.27. The maximum absolute atomic E-state index is 11.8. The first-order chi connectivity index (χ1) is 8.27. The van der Waals surface area contributed by atoms with Crippen molar-refractivity contribution in [1.29, 1.82) is 0 Å². The van der Waals surface area contributed by atoms with E-state index in [9.17, 15) is 4.79 Å². The lowest BCUT2D eigenvalue weighted by Gasteiger charge is -2.30. The van der Waals surface area contributed by atoms with Crippen LogP contribution in [0.25, 0.3) is 10.2 Å². The van der Waals surface area contributed by atoms with Gasteiger partial charge in [-0.25, -0.2) is 9.99 Å². The average Bonchev–Trinajstić information content (AvgIpc) is 2.75. The summed E-state index contributed by atoms with van der Waals surface area (Å²) in [7, 11) is 0. The molecule has 0 radical (unpaired) electrons. The topological polar surface area (TPSA) is 97.1 Å². The van der Waals surface area contributed by atoms with Crippen LogP contribution in [-0.4, -0.2) is 39.1 Å². The molecule has 8 heteroatoms. The molecule has 0 spiro atoms. The average molecular weight is 253 g/mol. The summed E-state index contributed by atoms with van der Waals surface area (Å²) in [5, 5.41) is 2.17. The first-order valence-corrected chi connectivity index (χ1v) is 5.97. The molecule has 3 heterocycles. The van der Waals surface area contributed by atoms with Crippen LogP contribution in [0.15, 0.2) is 11.1 Å². The van der Waals surface area contributed by atoms with Crippen LogP contribution in [0.2, 0.25) is 0 Å². The van der Waals surface area contributed by atoms with Crippen molar-refractivity contribution in [3.05, 3.63) is 22.4 Å². The number of hydrogen-bond donors (Lipinski definition) is 2. The molecule has 2 aromatic heterocycles. The molecular formula is C9H11N5O2S. The number of nitrogens with one attached hydrogen (secondary N) is 1. The van der Waals surface area contributed by atoms with E-state index >= 15 is 0 Å². The molecule has 1 unspecified atom stereocenters. The first kappa shape index (κ1) is 10.8. The standard InChI is InChI=1S/C9H11N5O2S/c10-14-1-2-16-3-5(14)7-6-8(15)11-4-12-9(6)17-13-7/h4-5H,1-3,10H2,(H,11,12,15). The maximum Gasteiger partial charge on any atom is 0.261 e. The Kier molecular flexibility index (Phi) is 2.63. The summed E-state index contributed by atoms with van der Waals surface area (Å²) in [6, 6.07) is -0.178. The third-order valence-electron chi connectivity index (χ3n) is 2.79. The number of fused-ring (bicyclic) bond motifs is 1. The van der Waals surface area contributed by atoms with Gasteiger partial charge in [0.25, 0.3) is 5.56 Å². The van der Waals surface area contributed by atoms with Crippen molar-refractivity contribution in [2.24, 2.45) is 5.84 Å². The van der Waals surface area contributed by atoms with Gasteiger partial charge in [0.1, 0.15) is 5.39 Å². The first-order valence-electron chi connectivity index (χ1n) is 5.19. The van der Waals surface area contributed by atoms with Crippen LogP contribution < -0.4 is 11.4 Å². The summed E-state index contributed by atoms with van der Waals surface area (Å²) >= 11 is 1.20. The quantitative estimate of drug-likeness (QED) is 0.673. The second-order valence-electron chi connectivity index (χ2n) is 3.81. The van der Waals surface area contributed by atoms with E-state index in [1.807, 2.05) is 0 Å². The Hall–Kier alpha value is -1.35. The summed E-state index contributed by atoms with van der Waals surface area (Å²) in [5.41, 5.74) is 0.472. The van der Waals surface area contributed by atoms with Gasteiger partial charge in [0.05, 0.1) is 31.3 Å². The number of morpholine rings is 1. The lowest BCUT2D eigenvalue weighted by molar-refractivity contribution is -0.00964. The number of ether oxygens (including phenoxy) is 1. The van der Waals surface area contributed by atoms with Crippen molar-refractivity contribution in [3.63, 3.8) is 0 Å². The summed E-state index contributed by atoms with van der Waals surface area (Å²) in [4.78, 5) is 19.0. The smallest absolute Gasteiger partial charge is 0.261 e. The molecular weight excluding hydrogens is 242 g/mol. The fourth-order valence-electron chi connectivity index (χ4n) is 1.90. The van der Waals surface area contributed by atoms with Crippen LogP contribution in [0, 0.1) is 0 Å². The Bertz CT molecular complexity index is 594. The monoisotopic (exact) mass is 253 g/mol. The van der Waals surface area contributed by atoms with Gasteiger partial charge < -0.3 is 9.72 Å². The fourth-order valence-corrected chi connectivity index (χ4v) is 2.68. The van der Waals surface area contributed by atoms with E-state index in [0.717, 1.165) is 0 Å². The maximum atomic E-state index is 11.8. The summed E-state index contributed by atoms with van der Waals surface area (Å²) in [6.45, 7) is 1.68. The molecule has 0 amide bonds. The molecule has 1 saturated heterocycles. The van der Waals surface area contributed by atoms with Crippen molar-refractivity contribution >= 4 is 21.7 Å². The Labute approximate surface area is 100 Å². The zero-order valence-corrected chi connectivity index (χ0v) is 9.74. The van der Waals surface area contributed by atoms with Crippen molar-refractivity contribution < 1.29 is 4.74 Å². The van der Waals surface area contributed by atoms with E-state index < -0.39 is 0 Å². The number of aromatic nitrogens is 3. The summed E-state index contributed by atoms with van der Waals surface area (Å²) in [5.74, 6) is 5.90. The number of nitrogens with two attached hydrogens (primary N) is 1. The minimum Gasteiger partial charge on any atom is -0.378 e. The number of nitrogens with zero attached hydrogens (tertiary/aromatic N) is 3. The molecule has 0 aromatic carbocycles. The Morgan fingerprint density at radius 2 is 2.53 bits per heavy atom. The zero-order valence-electron chi connectivity index (χ0n) is 8.92. The largest absolute Gasteiger partial charge is 0.378 e. The number of hydrogen-bond acceptors (Lipinski definition) is 7. The van der Waals surface area contributed by atoms with Crippen molar-refractivity contribution in [3.8, 4) is 0 Å². The van der Waals surface area contributed by atoms with Crippen LogP contribution in [0.5, 0.6) is 0 Å². The highest BCUT2D eigenvalue weighted by molar-refractivity contribution is 7.12. The molecule has 1 atom stereocenters. The van der Waals surface area contributed by atoms with Gasteiger partial charge in [0.2, 0.25) is 0 Å². The highest BCUT2D eigenvalue weighted by atomic mass is 32.1. The number of rotatable bonds is 1. The number of aromatic amines is 1. The van der Waals surface area contributed by atoms with Crippen LogP contribution in [-0.2, 0) is 4.74 Å². The Morgan fingerprint density at radius 1 is 1.65 bits per heavy atom. The van der Waals surface area contributed by atoms with Gasteiger partial charge in [-0.15, -0.1) is 0 Å². The van der Waals surface area contributed by atoms with E-state index in [-0.39, 0.29) is 11.6 Å². The van der Waals surface area contributed by atoms with Crippen LogP contribution >= 0.6 is 11.5 Å². The molecule has 1 aliphatic rings. The van der Waals surface area contributed by atoms with Gasteiger partial charge in [-0.2, -0.15) is 4.37 Å². The van der Waals surface area contributed by atoms with E-state index in [1.165, 1.54) is 17.9 Å². The molecule has 3 N–H and O–H groups in total.